The van der Waals surface area contributed by atoms with E-state index in [1.165, 1.54) is 43.5 Å². The third kappa shape index (κ3) is 5.91. The molecule has 2 aromatic carbocycles. The van der Waals surface area contributed by atoms with Crippen molar-refractivity contribution >= 4 is 15.9 Å². The Morgan fingerprint density at radius 3 is 2.31 bits per heavy atom. The number of rotatable bonds is 9. The van der Waals surface area contributed by atoms with Gasteiger partial charge in [0.15, 0.2) is 0 Å². The minimum absolute atomic E-state index is 0.0801. The van der Waals surface area contributed by atoms with E-state index >= 15 is 0 Å². The van der Waals surface area contributed by atoms with Crippen LogP contribution in [0.4, 0.5) is 4.39 Å². The zero-order valence-corrected chi connectivity index (χ0v) is 15.2. The number of nitrogens with one attached hydrogen (secondary N) is 2. The van der Waals surface area contributed by atoms with Crippen molar-refractivity contribution in [2.45, 2.75) is 11.3 Å². The van der Waals surface area contributed by atoms with Gasteiger partial charge in [-0.2, -0.15) is 0 Å². The van der Waals surface area contributed by atoms with Gasteiger partial charge in [-0.15, -0.1) is 0 Å². The summed E-state index contributed by atoms with van der Waals surface area (Å²) in [6, 6.07) is 11.7. The number of carbonyl (C=O) groups is 1. The monoisotopic (exact) mass is 380 g/mol. The number of halogens is 1. The van der Waals surface area contributed by atoms with Gasteiger partial charge in [-0.3, -0.25) is 4.79 Å². The second kappa shape index (κ2) is 9.42. The number of hydrogen-bond acceptors (Lipinski definition) is 4. The lowest BCUT2D eigenvalue weighted by Crippen LogP contribution is -2.28. The average Bonchev–Trinajstić information content (AvgIpc) is 2.63. The van der Waals surface area contributed by atoms with Crippen LogP contribution < -0.4 is 10.0 Å². The van der Waals surface area contributed by atoms with Crippen LogP contribution >= 0.6 is 0 Å². The van der Waals surface area contributed by atoms with Crippen molar-refractivity contribution in [1.29, 1.82) is 0 Å². The summed E-state index contributed by atoms with van der Waals surface area (Å²) in [5.41, 5.74) is 1.27. The molecule has 0 unspecified atom stereocenters. The maximum atomic E-state index is 12.8. The zero-order valence-electron chi connectivity index (χ0n) is 14.4. The van der Waals surface area contributed by atoms with Crippen molar-refractivity contribution in [2.24, 2.45) is 0 Å². The maximum absolute atomic E-state index is 12.8. The van der Waals surface area contributed by atoms with Crippen molar-refractivity contribution in [3.8, 4) is 0 Å². The summed E-state index contributed by atoms with van der Waals surface area (Å²) in [5.74, 6) is -0.604. The number of carbonyl (C=O) groups excluding carboxylic acids is 1. The number of benzene rings is 2. The SMILES string of the molecule is COCCNS(=O)(=O)c1ccc(C(=O)NCCc2ccc(F)cc2)cc1. The Kier molecular flexibility index (Phi) is 7.26. The van der Waals surface area contributed by atoms with Crippen LogP contribution in [0.3, 0.4) is 0 Å². The van der Waals surface area contributed by atoms with Gasteiger partial charge in [0, 0.05) is 25.8 Å². The summed E-state index contributed by atoms with van der Waals surface area (Å²) in [4.78, 5) is 12.2. The molecule has 0 heterocycles. The van der Waals surface area contributed by atoms with Crippen LogP contribution in [0.5, 0.6) is 0 Å². The van der Waals surface area contributed by atoms with E-state index < -0.39 is 10.0 Å². The molecule has 0 aromatic heterocycles. The van der Waals surface area contributed by atoms with Crippen LogP contribution in [0, 0.1) is 5.82 Å². The molecule has 2 rings (SSSR count). The Morgan fingerprint density at radius 1 is 1.04 bits per heavy atom. The van der Waals surface area contributed by atoms with Crippen LogP contribution in [0.1, 0.15) is 15.9 Å². The first kappa shape index (κ1) is 20.0. The highest BCUT2D eigenvalue weighted by Gasteiger charge is 2.14. The van der Waals surface area contributed by atoms with Crippen LogP contribution in [0.15, 0.2) is 53.4 Å². The Bertz CT molecular complexity index is 821. The molecule has 0 atom stereocenters. The van der Waals surface area contributed by atoms with Gasteiger partial charge in [-0.25, -0.2) is 17.5 Å². The molecule has 26 heavy (non-hydrogen) atoms. The lowest BCUT2D eigenvalue weighted by atomic mass is 10.1. The minimum Gasteiger partial charge on any atom is -0.383 e. The molecular formula is C18H21FN2O4S. The third-order valence-corrected chi connectivity index (χ3v) is 5.11. The maximum Gasteiger partial charge on any atom is 0.251 e. The third-order valence-electron chi connectivity index (χ3n) is 3.64. The molecule has 0 saturated carbocycles. The molecule has 0 saturated heterocycles. The Hall–Kier alpha value is -2.29. The van der Waals surface area contributed by atoms with E-state index in [-0.39, 0.29) is 29.8 Å². The lowest BCUT2D eigenvalue weighted by Gasteiger charge is -2.08. The van der Waals surface area contributed by atoms with Gasteiger partial charge in [0.1, 0.15) is 5.82 Å². The van der Waals surface area contributed by atoms with E-state index in [2.05, 4.69) is 10.0 Å². The molecule has 6 nitrogen and oxygen atoms in total. The quantitative estimate of drug-likeness (QED) is 0.649. The van der Waals surface area contributed by atoms with Crippen molar-refractivity contribution in [1.82, 2.24) is 10.0 Å². The molecule has 1 amide bonds. The highest BCUT2D eigenvalue weighted by Crippen LogP contribution is 2.10. The van der Waals surface area contributed by atoms with E-state index in [9.17, 15) is 17.6 Å². The summed E-state index contributed by atoms with van der Waals surface area (Å²) >= 11 is 0. The van der Waals surface area contributed by atoms with E-state index in [1.807, 2.05) is 0 Å². The van der Waals surface area contributed by atoms with Crippen LogP contribution in [0.25, 0.3) is 0 Å². The van der Waals surface area contributed by atoms with Gasteiger partial charge in [-0.1, -0.05) is 12.1 Å². The first-order valence-electron chi connectivity index (χ1n) is 8.04. The summed E-state index contributed by atoms with van der Waals surface area (Å²) in [5, 5.41) is 2.75. The van der Waals surface area contributed by atoms with E-state index in [0.717, 1.165) is 5.56 Å². The molecule has 0 aliphatic rings. The van der Waals surface area contributed by atoms with E-state index in [1.54, 1.807) is 12.1 Å². The van der Waals surface area contributed by atoms with Crippen LogP contribution in [-0.2, 0) is 21.2 Å². The standard InChI is InChI=1S/C18H21FN2O4S/c1-25-13-12-21-26(23,24)17-8-4-15(5-9-17)18(22)20-11-10-14-2-6-16(19)7-3-14/h2-9,21H,10-13H2,1H3,(H,20,22). The molecule has 0 aliphatic carbocycles. The van der Waals surface area contributed by atoms with Crippen molar-refractivity contribution < 1.29 is 22.3 Å². The van der Waals surface area contributed by atoms with E-state index in [0.29, 0.717) is 18.5 Å². The van der Waals surface area contributed by atoms with Gasteiger partial charge in [0.05, 0.1) is 11.5 Å². The Morgan fingerprint density at radius 2 is 1.69 bits per heavy atom. The lowest BCUT2D eigenvalue weighted by molar-refractivity contribution is 0.0954. The summed E-state index contributed by atoms with van der Waals surface area (Å²) in [7, 11) is -2.14. The first-order chi connectivity index (χ1) is 12.4. The highest BCUT2D eigenvalue weighted by atomic mass is 32.2. The molecule has 0 fully saturated rings. The second-order valence-electron chi connectivity index (χ2n) is 5.55. The molecular weight excluding hydrogens is 359 g/mol. The molecule has 2 N–H and O–H groups in total. The van der Waals surface area contributed by atoms with Gasteiger partial charge in [0.2, 0.25) is 10.0 Å². The minimum atomic E-state index is -3.62. The van der Waals surface area contributed by atoms with Crippen LogP contribution in [-0.4, -0.2) is 41.1 Å². The van der Waals surface area contributed by atoms with Crippen molar-refractivity contribution in [3.05, 3.63) is 65.5 Å². The zero-order chi connectivity index (χ0) is 19.0. The van der Waals surface area contributed by atoms with Crippen molar-refractivity contribution in [3.63, 3.8) is 0 Å². The number of amides is 1. The van der Waals surface area contributed by atoms with Gasteiger partial charge >= 0.3 is 0 Å². The molecule has 8 heteroatoms. The second-order valence-corrected chi connectivity index (χ2v) is 7.31. The molecule has 0 bridgehead atoms. The molecule has 0 radical (unpaired) electrons. The van der Waals surface area contributed by atoms with E-state index in [4.69, 9.17) is 4.74 Å². The van der Waals surface area contributed by atoms with Gasteiger partial charge in [0.25, 0.3) is 5.91 Å². The highest BCUT2D eigenvalue weighted by molar-refractivity contribution is 7.89. The van der Waals surface area contributed by atoms with Crippen molar-refractivity contribution in [2.75, 3.05) is 26.8 Å². The fourth-order valence-electron chi connectivity index (χ4n) is 2.22. The summed E-state index contributed by atoms with van der Waals surface area (Å²) < 4.78 is 44.1. The topological polar surface area (TPSA) is 84.5 Å². The predicted molar refractivity (Wildman–Crippen MR) is 95.9 cm³/mol. The molecule has 0 aliphatic heterocycles. The van der Waals surface area contributed by atoms with Gasteiger partial charge in [-0.05, 0) is 48.4 Å². The average molecular weight is 380 g/mol. The fraction of sp³-hybridized carbons (Fsp3) is 0.278. The summed E-state index contributed by atoms with van der Waals surface area (Å²) in [6.07, 6.45) is 0.571. The first-order valence-corrected chi connectivity index (χ1v) is 9.52. The molecule has 0 spiro atoms. The summed E-state index contributed by atoms with van der Waals surface area (Å²) in [6.45, 7) is 0.835. The Labute approximate surface area is 152 Å². The number of methoxy groups -OCH3 is 1. The normalized spacial score (nSPS) is 11.3. The molecule has 2 aromatic rings. The fourth-order valence-corrected chi connectivity index (χ4v) is 3.23. The predicted octanol–water partition coefficient (Wildman–Crippen LogP) is 1.72. The number of hydrogen-bond donors (Lipinski definition) is 2. The smallest absolute Gasteiger partial charge is 0.251 e. The largest absolute Gasteiger partial charge is 0.383 e. The number of sulfonamides is 1. The Balaban J connectivity index is 1.88. The van der Waals surface area contributed by atoms with Gasteiger partial charge < -0.3 is 10.1 Å². The van der Waals surface area contributed by atoms with Crippen LogP contribution in [0.2, 0.25) is 0 Å². The molecule has 140 valence electrons. The number of ether oxygens (including phenoxy) is 1.